The summed E-state index contributed by atoms with van der Waals surface area (Å²) in [6.07, 6.45) is -4.88. The number of carbonyl (C=O) groups excluding carboxylic acids is 1. The van der Waals surface area contributed by atoms with Gasteiger partial charge in [-0.2, -0.15) is 13.2 Å². The Bertz CT molecular complexity index is 361. The van der Waals surface area contributed by atoms with Crippen molar-refractivity contribution in [2.45, 2.75) is 33.1 Å². The molecule has 5 nitrogen and oxygen atoms in total. The first-order valence-corrected chi connectivity index (χ1v) is 7.32. The fourth-order valence-electron chi connectivity index (χ4n) is 2.04. The second-order valence-corrected chi connectivity index (χ2v) is 6.67. The number of β-amino-alcohol motifs (C(OH)–C–C–N with tert-alkyl or cyclic N) is 1. The molecule has 1 N–H and O–H groups in total. The van der Waals surface area contributed by atoms with Crippen molar-refractivity contribution in [3.63, 3.8) is 0 Å². The number of nitrogens with zero attached hydrogens (tertiary/aromatic N) is 2. The minimum absolute atomic E-state index is 0.210. The number of halogens is 3. The second-order valence-electron chi connectivity index (χ2n) is 6.67. The van der Waals surface area contributed by atoms with Gasteiger partial charge in [0.15, 0.2) is 0 Å². The number of alkyl halides is 3. The van der Waals surface area contributed by atoms with E-state index in [1.54, 1.807) is 0 Å². The van der Waals surface area contributed by atoms with Crippen molar-refractivity contribution in [1.29, 1.82) is 0 Å². The molecule has 1 fully saturated rings. The van der Waals surface area contributed by atoms with E-state index in [9.17, 15) is 23.1 Å². The number of hydrogen-bond acceptors (Lipinski definition) is 4. The van der Waals surface area contributed by atoms with Gasteiger partial charge in [-0.15, -0.1) is 0 Å². The van der Waals surface area contributed by atoms with Crippen molar-refractivity contribution in [1.82, 2.24) is 9.80 Å². The van der Waals surface area contributed by atoms with Crippen LogP contribution >= 0.6 is 0 Å². The van der Waals surface area contributed by atoms with Crippen LogP contribution < -0.4 is 0 Å². The topological polar surface area (TPSA) is 53.0 Å². The molecule has 0 radical (unpaired) electrons. The Balaban J connectivity index is 2.28. The van der Waals surface area contributed by atoms with Gasteiger partial charge in [0.25, 0.3) is 0 Å². The number of hydrogen-bond donors (Lipinski definition) is 1. The zero-order valence-electron chi connectivity index (χ0n) is 13.3. The lowest BCUT2D eigenvalue weighted by molar-refractivity contribution is -0.178. The fraction of sp³-hybridized carbons (Fsp3) is 0.929. The van der Waals surface area contributed by atoms with Crippen LogP contribution in [0.3, 0.4) is 0 Å². The van der Waals surface area contributed by atoms with Crippen LogP contribution in [0, 0.1) is 5.41 Å². The highest BCUT2D eigenvalue weighted by Gasteiger charge is 2.30. The summed E-state index contributed by atoms with van der Waals surface area (Å²) in [6, 6.07) is 0. The van der Waals surface area contributed by atoms with Crippen LogP contribution in [0.1, 0.15) is 20.8 Å². The van der Waals surface area contributed by atoms with Gasteiger partial charge < -0.3 is 14.7 Å². The van der Waals surface area contributed by atoms with Crippen LogP contribution in [0.2, 0.25) is 0 Å². The van der Waals surface area contributed by atoms with Crippen LogP contribution in [0.4, 0.5) is 13.2 Å². The molecule has 130 valence electrons. The third kappa shape index (κ3) is 6.93. The third-order valence-electron chi connectivity index (χ3n) is 3.65. The number of amides is 1. The number of aliphatic hydroxyl groups excluding tert-OH is 1. The quantitative estimate of drug-likeness (QED) is 0.822. The number of ether oxygens (including phenoxy) is 1. The molecule has 0 spiro atoms. The van der Waals surface area contributed by atoms with Crippen LogP contribution in [0.25, 0.3) is 0 Å². The SMILES string of the molecule is CC(C)(C)[C@H](O)CN1CCN(C(=O)COCC(F)(F)F)CC1. The van der Waals surface area contributed by atoms with E-state index in [1.165, 1.54) is 4.90 Å². The van der Waals surface area contributed by atoms with E-state index in [4.69, 9.17) is 0 Å². The van der Waals surface area contributed by atoms with Crippen molar-refractivity contribution in [2.75, 3.05) is 45.9 Å². The molecule has 22 heavy (non-hydrogen) atoms. The molecule has 1 aliphatic heterocycles. The molecule has 1 amide bonds. The van der Waals surface area contributed by atoms with Crippen LogP contribution in [-0.4, -0.2) is 79.0 Å². The Morgan fingerprint density at radius 2 is 1.73 bits per heavy atom. The lowest BCUT2D eigenvalue weighted by Crippen LogP contribution is -2.52. The third-order valence-corrected chi connectivity index (χ3v) is 3.65. The zero-order chi connectivity index (χ0) is 17.0. The van der Waals surface area contributed by atoms with Gasteiger partial charge >= 0.3 is 6.18 Å². The molecule has 0 aromatic heterocycles. The molecule has 1 rings (SSSR count). The van der Waals surface area contributed by atoms with Gasteiger partial charge in [0.2, 0.25) is 5.91 Å². The summed E-state index contributed by atoms with van der Waals surface area (Å²) >= 11 is 0. The molecule has 0 unspecified atom stereocenters. The van der Waals surface area contributed by atoms with E-state index in [2.05, 4.69) is 9.64 Å². The maximum Gasteiger partial charge on any atom is 0.411 e. The molecular weight excluding hydrogens is 301 g/mol. The predicted molar refractivity (Wildman–Crippen MR) is 75.4 cm³/mol. The molecule has 1 heterocycles. The maximum absolute atomic E-state index is 11.9. The van der Waals surface area contributed by atoms with Crippen molar-refractivity contribution in [2.24, 2.45) is 5.41 Å². The van der Waals surface area contributed by atoms with E-state index >= 15 is 0 Å². The lowest BCUT2D eigenvalue weighted by atomic mass is 9.89. The number of carbonyl (C=O) groups is 1. The van der Waals surface area contributed by atoms with E-state index in [0.717, 1.165) is 0 Å². The summed E-state index contributed by atoms with van der Waals surface area (Å²) in [5, 5.41) is 10.1. The summed E-state index contributed by atoms with van der Waals surface area (Å²) in [4.78, 5) is 15.3. The second kappa shape index (κ2) is 7.61. The minimum atomic E-state index is -4.41. The number of aliphatic hydroxyl groups is 1. The zero-order valence-corrected chi connectivity index (χ0v) is 13.3. The average molecular weight is 326 g/mol. The number of rotatable bonds is 5. The summed E-state index contributed by atoms with van der Waals surface area (Å²) in [7, 11) is 0. The minimum Gasteiger partial charge on any atom is -0.391 e. The van der Waals surface area contributed by atoms with E-state index < -0.39 is 31.4 Å². The van der Waals surface area contributed by atoms with Crippen molar-refractivity contribution >= 4 is 5.91 Å². The lowest BCUT2D eigenvalue weighted by Gasteiger charge is -2.38. The highest BCUT2D eigenvalue weighted by atomic mass is 19.4. The molecule has 8 heteroatoms. The first-order valence-electron chi connectivity index (χ1n) is 7.32. The monoisotopic (exact) mass is 326 g/mol. The Kier molecular flexibility index (Phi) is 6.64. The molecule has 0 aliphatic carbocycles. The Morgan fingerprint density at radius 3 is 2.18 bits per heavy atom. The van der Waals surface area contributed by atoms with Crippen LogP contribution in [0.5, 0.6) is 0 Å². The Labute approximate surface area is 129 Å². The largest absolute Gasteiger partial charge is 0.411 e. The summed E-state index contributed by atoms with van der Waals surface area (Å²) < 4.78 is 40.2. The normalized spacial score (nSPS) is 19.3. The smallest absolute Gasteiger partial charge is 0.391 e. The van der Waals surface area contributed by atoms with E-state index in [0.29, 0.717) is 32.7 Å². The summed E-state index contributed by atoms with van der Waals surface area (Å²) in [5.74, 6) is -0.430. The molecule has 1 atom stereocenters. The highest BCUT2D eigenvalue weighted by Crippen LogP contribution is 2.20. The molecule has 1 aliphatic rings. The van der Waals surface area contributed by atoms with Crippen molar-refractivity contribution in [3.8, 4) is 0 Å². The highest BCUT2D eigenvalue weighted by molar-refractivity contribution is 5.77. The van der Waals surface area contributed by atoms with Gasteiger partial charge in [0.1, 0.15) is 13.2 Å². The molecule has 0 aromatic rings. The molecule has 1 saturated heterocycles. The molecule has 0 aromatic carbocycles. The van der Waals surface area contributed by atoms with E-state index in [1.807, 2.05) is 20.8 Å². The average Bonchev–Trinajstić information content (AvgIpc) is 2.36. The first-order chi connectivity index (χ1) is 9.99. The van der Waals surface area contributed by atoms with Gasteiger partial charge in [0, 0.05) is 32.7 Å². The Morgan fingerprint density at radius 1 is 1.18 bits per heavy atom. The van der Waals surface area contributed by atoms with E-state index in [-0.39, 0.29) is 5.41 Å². The Hall–Kier alpha value is -0.860. The maximum atomic E-state index is 11.9. The van der Waals surface area contributed by atoms with Crippen LogP contribution in [-0.2, 0) is 9.53 Å². The summed E-state index contributed by atoms with van der Waals surface area (Å²) in [5.41, 5.74) is -0.210. The standard InChI is InChI=1S/C14H25F3N2O3/c1-13(2,3)11(20)8-18-4-6-19(7-5-18)12(21)9-22-10-14(15,16)17/h11,20H,4-10H2,1-3H3/t11-/m1/s1. The van der Waals surface area contributed by atoms with Crippen LogP contribution in [0.15, 0.2) is 0 Å². The van der Waals surface area contributed by atoms with Gasteiger partial charge in [0.05, 0.1) is 6.10 Å². The summed E-state index contributed by atoms with van der Waals surface area (Å²) in [6.45, 7) is 6.49. The van der Waals surface area contributed by atoms with Gasteiger partial charge in [-0.25, -0.2) is 0 Å². The first kappa shape index (κ1) is 19.2. The van der Waals surface area contributed by atoms with Crippen molar-refractivity contribution in [3.05, 3.63) is 0 Å². The van der Waals surface area contributed by atoms with Gasteiger partial charge in [-0.1, -0.05) is 20.8 Å². The van der Waals surface area contributed by atoms with Gasteiger partial charge in [-0.05, 0) is 5.41 Å². The molecule has 0 saturated carbocycles. The van der Waals surface area contributed by atoms with Gasteiger partial charge in [-0.3, -0.25) is 9.69 Å². The fourth-order valence-corrected chi connectivity index (χ4v) is 2.04. The predicted octanol–water partition coefficient (Wildman–Crippen LogP) is 1.12. The van der Waals surface area contributed by atoms with Crippen molar-refractivity contribution < 1.29 is 27.8 Å². The molecule has 0 bridgehead atoms. The molecular formula is C14H25F3N2O3. The number of piperazine rings is 1.